The monoisotopic (exact) mass is 588 g/mol. The fourth-order valence-corrected chi connectivity index (χ4v) is 7.89. The van der Waals surface area contributed by atoms with E-state index in [4.69, 9.17) is 37.4 Å². The summed E-state index contributed by atoms with van der Waals surface area (Å²) < 4.78 is 48.2. The van der Waals surface area contributed by atoms with Crippen LogP contribution in [0.5, 0.6) is 11.5 Å². The Balaban J connectivity index is 1.91. The first-order valence-electron chi connectivity index (χ1n) is 8.60. The average molecular weight is 589 g/mol. The van der Waals surface area contributed by atoms with Crippen LogP contribution in [0.25, 0.3) is 0 Å². The second-order valence-electron chi connectivity index (χ2n) is 5.97. The van der Waals surface area contributed by atoms with Crippen molar-refractivity contribution in [3.63, 3.8) is 0 Å². The van der Waals surface area contributed by atoms with Crippen LogP contribution in [0.1, 0.15) is 12.5 Å². The van der Waals surface area contributed by atoms with Gasteiger partial charge in [-0.15, -0.1) is 0 Å². The number of anilines is 1. The SMILES string of the molecule is CCOC(=O)NI1COc2c(S(=O)(=O)Nc3ccc(Cl)c(Cl)c3)ccc(OC)c2C1. The van der Waals surface area contributed by atoms with E-state index in [9.17, 15) is 13.2 Å². The third kappa shape index (κ3) is 5.16. The maximum atomic E-state index is 13.0. The van der Waals surface area contributed by atoms with Crippen molar-refractivity contribution < 1.29 is 27.4 Å². The number of fused-ring (bicyclic) bond motifs is 1. The summed E-state index contributed by atoms with van der Waals surface area (Å²) in [5.74, 6) is 0.701. The fourth-order valence-electron chi connectivity index (χ4n) is 2.69. The quantitative estimate of drug-likeness (QED) is 0.285. The summed E-state index contributed by atoms with van der Waals surface area (Å²) in [6.45, 7) is 1.98. The summed E-state index contributed by atoms with van der Waals surface area (Å²) >= 11 is 9.75. The molecule has 0 saturated heterocycles. The Morgan fingerprint density at radius 2 is 2.00 bits per heavy atom. The van der Waals surface area contributed by atoms with Crippen LogP contribution in [0.2, 0.25) is 10.0 Å². The number of benzene rings is 2. The Labute approximate surface area is 192 Å². The first kappa shape index (κ1) is 23.0. The summed E-state index contributed by atoms with van der Waals surface area (Å²) in [5, 5.41) is 0.542. The molecule has 2 aromatic carbocycles. The van der Waals surface area contributed by atoms with Crippen LogP contribution < -0.4 is 17.7 Å². The molecule has 8 nitrogen and oxygen atoms in total. The average Bonchev–Trinajstić information content (AvgIpc) is 2.69. The molecule has 0 aliphatic carbocycles. The van der Waals surface area contributed by atoms with Crippen molar-refractivity contribution in [1.82, 2.24) is 3.53 Å². The van der Waals surface area contributed by atoms with Crippen molar-refractivity contribution in [2.75, 3.05) is 23.1 Å². The number of hydrogen-bond donors (Lipinski definition) is 2. The zero-order valence-electron chi connectivity index (χ0n) is 16.0. The van der Waals surface area contributed by atoms with Crippen LogP contribution in [0.4, 0.5) is 10.5 Å². The van der Waals surface area contributed by atoms with Gasteiger partial charge in [0.25, 0.3) is 0 Å². The molecule has 12 heteroatoms. The third-order valence-corrected chi connectivity index (χ3v) is 10.1. The van der Waals surface area contributed by atoms with E-state index < -0.39 is 36.2 Å². The van der Waals surface area contributed by atoms with Gasteiger partial charge >= 0.3 is 193 Å². The standard InChI is InChI=1S/C18H19Cl2IN2O6S/c1-3-28-18(24)22-21-9-12-15(27-2)6-7-16(17(12)29-10-21)30(25,26)23-11-4-5-13(19)14(20)8-11/h4-8,23H,3,9-10H2,1-2H3,(H,22,24). The normalized spacial score (nSPS) is 14.3. The van der Waals surface area contributed by atoms with Gasteiger partial charge in [-0.05, 0) is 0 Å². The topological polar surface area (TPSA) is 103 Å². The molecule has 1 amide bonds. The molecule has 0 bridgehead atoms. The summed E-state index contributed by atoms with van der Waals surface area (Å²) in [5.41, 5.74) is 0.866. The summed E-state index contributed by atoms with van der Waals surface area (Å²) in [4.78, 5) is 11.7. The predicted molar refractivity (Wildman–Crippen MR) is 124 cm³/mol. The van der Waals surface area contributed by atoms with E-state index in [0.29, 0.717) is 20.8 Å². The molecule has 30 heavy (non-hydrogen) atoms. The van der Waals surface area contributed by atoms with Gasteiger partial charge in [-0.3, -0.25) is 0 Å². The molecule has 0 fully saturated rings. The summed E-state index contributed by atoms with van der Waals surface area (Å²) in [6, 6.07) is 7.41. The first-order valence-corrected chi connectivity index (χ1v) is 15.0. The van der Waals surface area contributed by atoms with Crippen molar-refractivity contribution in [1.29, 1.82) is 0 Å². The van der Waals surface area contributed by atoms with Gasteiger partial charge in [-0.1, -0.05) is 0 Å². The number of sulfonamides is 1. The number of carbonyl (C=O) groups excluding carboxylic acids is 1. The van der Waals surface area contributed by atoms with E-state index in [2.05, 4.69) is 8.25 Å². The zero-order valence-corrected chi connectivity index (χ0v) is 20.5. The molecule has 1 aliphatic rings. The molecule has 164 valence electrons. The van der Waals surface area contributed by atoms with Gasteiger partial charge in [-0.25, -0.2) is 0 Å². The molecule has 0 unspecified atom stereocenters. The van der Waals surface area contributed by atoms with Crippen LogP contribution in [0.3, 0.4) is 0 Å². The molecular formula is C18H19Cl2IN2O6S. The van der Waals surface area contributed by atoms with Gasteiger partial charge in [0, 0.05) is 0 Å². The third-order valence-electron chi connectivity index (χ3n) is 3.97. The Morgan fingerprint density at radius 3 is 2.67 bits per heavy atom. The van der Waals surface area contributed by atoms with Gasteiger partial charge in [0.1, 0.15) is 0 Å². The minimum absolute atomic E-state index is 0.0315. The van der Waals surface area contributed by atoms with E-state index in [-0.39, 0.29) is 32.6 Å². The summed E-state index contributed by atoms with van der Waals surface area (Å²) in [7, 11) is -2.50. The van der Waals surface area contributed by atoms with Crippen LogP contribution in [0, 0.1) is 0 Å². The molecule has 2 N–H and O–H groups in total. The van der Waals surface area contributed by atoms with Gasteiger partial charge in [-0.2, -0.15) is 0 Å². The van der Waals surface area contributed by atoms with Gasteiger partial charge in [0.15, 0.2) is 0 Å². The van der Waals surface area contributed by atoms with E-state index in [1.807, 2.05) is 0 Å². The molecule has 0 spiro atoms. The number of rotatable bonds is 6. The fraction of sp³-hybridized carbons (Fsp3) is 0.278. The van der Waals surface area contributed by atoms with Crippen molar-refractivity contribution in [3.8, 4) is 11.5 Å². The number of nitrogens with one attached hydrogen (secondary N) is 2. The molecule has 0 saturated carbocycles. The first-order chi connectivity index (χ1) is 14.2. The predicted octanol–water partition coefficient (Wildman–Crippen LogP) is 4.82. The molecule has 0 atom stereocenters. The number of ether oxygens (including phenoxy) is 3. The zero-order chi connectivity index (χ0) is 21.9. The molecular weight excluding hydrogens is 570 g/mol. The Bertz CT molecular complexity index is 1070. The molecule has 1 aliphatic heterocycles. The van der Waals surface area contributed by atoms with Crippen LogP contribution in [-0.2, 0) is 19.2 Å². The second kappa shape index (κ2) is 9.67. The van der Waals surface area contributed by atoms with Gasteiger partial charge in [0.2, 0.25) is 0 Å². The van der Waals surface area contributed by atoms with Crippen molar-refractivity contribution in [2.24, 2.45) is 0 Å². The van der Waals surface area contributed by atoms with E-state index >= 15 is 0 Å². The van der Waals surface area contributed by atoms with Crippen LogP contribution >= 0.6 is 43.3 Å². The molecule has 1 heterocycles. The van der Waals surface area contributed by atoms with Crippen LogP contribution in [0.15, 0.2) is 35.2 Å². The Kier molecular flexibility index (Phi) is 7.43. The van der Waals surface area contributed by atoms with Gasteiger partial charge in [0.05, 0.1) is 0 Å². The molecule has 0 aromatic heterocycles. The number of halogens is 3. The van der Waals surface area contributed by atoms with E-state index in [1.54, 1.807) is 13.0 Å². The molecule has 0 radical (unpaired) electrons. The number of hydrogen-bond acceptors (Lipinski definition) is 6. The van der Waals surface area contributed by atoms with Crippen molar-refractivity contribution >= 4 is 65.1 Å². The number of carbonyl (C=O) groups is 1. The van der Waals surface area contributed by atoms with E-state index in [0.717, 1.165) is 0 Å². The minimum atomic E-state index is -3.99. The second-order valence-corrected chi connectivity index (χ2v) is 13.0. The maximum absolute atomic E-state index is 13.0. The Hall–Kier alpha value is -1.63. The molecule has 2 aromatic rings. The van der Waals surface area contributed by atoms with Crippen molar-refractivity contribution in [3.05, 3.63) is 45.9 Å². The number of alkyl halides is 2. The number of amides is 1. The number of methoxy groups -OCH3 is 1. The summed E-state index contributed by atoms with van der Waals surface area (Å²) in [6.07, 6.45) is -0.501. The Morgan fingerprint density at radius 1 is 1.23 bits per heavy atom. The van der Waals surface area contributed by atoms with Gasteiger partial charge < -0.3 is 0 Å². The van der Waals surface area contributed by atoms with Crippen LogP contribution in [-0.4, -0.2) is 32.8 Å². The molecule has 3 rings (SSSR count). The van der Waals surface area contributed by atoms with Crippen molar-refractivity contribution in [2.45, 2.75) is 16.2 Å². The van der Waals surface area contributed by atoms with E-state index in [1.165, 1.54) is 31.4 Å².